The van der Waals surface area contributed by atoms with Crippen LogP contribution in [-0.2, 0) is 9.53 Å². The zero-order chi connectivity index (χ0) is 9.84. The lowest BCUT2D eigenvalue weighted by Gasteiger charge is -2.24. The summed E-state index contributed by atoms with van der Waals surface area (Å²) in [6, 6.07) is 0. The Hall–Kier alpha value is -0.570. The van der Waals surface area contributed by atoms with Crippen molar-refractivity contribution in [3.8, 4) is 0 Å². The summed E-state index contributed by atoms with van der Waals surface area (Å²) in [5.74, 6) is -0.0762. The molecule has 3 nitrogen and oxygen atoms in total. The first-order valence-corrected chi connectivity index (χ1v) is 4.98. The fourth-order valence-corrected chi connectivity index (χ4v) is 1.64. The van der Waals surface area contributed by atoms with Crippen LogP contribution in [0.1, 0.15) is 39.5 Å². The molecule has 0 aliphatic heterocycles. The Labute approximate surface area is 79.1 Å². The van der Waals surface area contributed by atoms with Gasteiger partial charge in [0, 0.05) is 0 Å². The molecule has 0 aromatic carbocycles. The van der Waals surface area contributed by atoms with E-state index in [0.29, 0.717) is 0 Å². The molecular weight excluding hydrogens is 168 g/mol. The molecule has 13 heavy (non-hydrogen) atoms. The van der Waals surface area contributed by atoms with Gasteiger partial charge in [0.15, 0.2) is 0 Å². The number of aliphatic hydroxyl groups is 1. The number of aliphatic hydroxyl groups excluding tert-OH is 1. The third-order valence-corrected chi connectivity index (χ3v) is 2.38. The smallest absolute Gasteiger partial charge is 0.309 e. The summed E-state index contributed by atoms with van der Waals surface area (Å²) in [5, 5.41) is 9.24. The maximum atomic E-state index is 11.4. The van der Waals surface area contributed by atoms with Crippen molar-refractivity contribution in [1.82, 2.24) is 0 Å². The van der Waals surface area contributed by atoms with Gasteiger partial charge in [-0.15, -0.1) is 0 Å². The lowest BCUT2D eigenvalue weighted by Crippen LogP contribution is -2.27. The van der Waals surface area contributed by atoms with E-state index in [4.69, 9.17) is 4.74 Å². The van der Waals surface area contributed by atoms with Crippen LogP contribution in [0.15, 0.2) is 0 Å². The molecule has 1 aliphatic carbocycles. The van der Waals surface area contributed by atoms with Gasteiger partial charge in [0.25, 0.3) is 0 Å². The van der Waals surface area contributed by atoms with Crippen LogP contribution in [0.3, 0.4) is 0 Å². The van der Waals surface area contributed by atoms with E-state index in [2.05, 4.69) is 0 Å². The molecule has 0 amide bonds. The van der Waals surface area contributed by atoms with Gasteiger partial charge in [-0.1, -0.05) is 0 Å². The van der Waals surface area contributed by atoms with Gasteiger partial charge in [0.05, 0.1) is 18.1 Å². The van der Waals surface area contributed by atoms with Crippen LogP contribution in [0.4, 0.5) is 0 Å². The normalized spacial score (nSPS) is 28.9. The maximum Gasteiger partial charge on any atom is 0.309 e. The summed E-state index contributed by atoms with van der Waals surface area (Å²) < 4.78 is 5.10. The Morgan fingerprint density at radius 2 is 1.85 bits per heavy atom. The number of esters is 1. The summed E-state index contributed by atoms with van der Waals surface area (Å²) in [6.07, 6.45) is 2.78. The minimum atomic E-state index is -0.205. The number of rotatable bonds is 2. The number of carbonyl (C=O) groups is 1. The molecule has 0 bridgehead atoms. The zero-order valence-electron chi connectivity index (χ0n) is 8.32. The van der Waals surface area contributed by atoms with Crippen molar-refractivity contribution in [2.24, 2.45) is 5.92 Å². The SMILES string of the molecule is CC(C)OC(=O)C1CCC(O)CC1. The predicted molar refractivity (Wildman–Crippen MR) is 49.2 cm³/mol. The van der Waals surface area contributed by atoms with Crippen molar-refractivity contribution in [3.63, 3.8) is 0 Å². The van der Waals surface area contributed by atoms with E-state index in [0.717, 1.165) is 25.7 Å². The molecule has 0 aromatic heterocycles. The molecule has 1 N–H and O–H groups in total. The predicted octanol–water partition coefficient (Wildman–Crippen LogP) is 1.49. The molecule has 0 unspecified atom stereocenters. The van der Waals surface area contributed by atoms with Gasteiger partial charge < -0.3 is 9.84 Å². The van der Waals surface area contributed by atoms with Crippen LogP contribution in [0.5, 0.6) is 0 Å². The molecule has 1 fully saturated rings. The van der Waals surface area contributed by atoms with Crippen molar-refractivity contribution in [2.45, 2.75) is 51.7 Å². The fraction of sp³-hybridized carbons (Fsp3) is 0.900. The van der Waals surface area contributed by atoms with E-state index in [1.807, 2.05) is 13.8 Å². The molecule has 0 spiro atoms. The summed E-state index contributed by atoms with van der Waals surface area (Å²) >= 11 is 0. The van der Waals surface area contributed by atoms with Crippen LogP contribution in [0, 0.1) is 5.92 Å². The minimum Gasteiger partial charge on any atom is -0.463 e. The quantitative estimate of drug-likeness (QED) is 0.664. The third-order valence-electron chi connectivity index (χ3n) is 2.38. The van der Waals surface area contributed by atoms with E-state index in [1.54, 1.807) is 0 Å². The molecule has 0 heterocycles. The monoisotopic (exact) mass is 186 g/mol. The average Bonchev–Trinajstić information content (AvgIpc) is 2.04. The highest BCUT2D eigenvalue weighted by Crippen LogP contribution is 2.25. The van der Waals surface area contributed by atoms with Gasteiger partial charge in [-0.25, -0.2) is 0 Å². The first-order valence-electron chi connectivity index (χ1n) is 4.98. The first-order chi connectivity index (χ1) is 6.09. The number of ether oxygens (including phenoxy) is 1. The Balaban J connectivity index is 2.31. The number of carbonyl (C=O) groups excluding carboxylic acids is 1. The Kier molecular flexibility index (Phi) is 3.72. The third kappa shape index (κ3) is 3.35. The summed E-state index contributed by atoms with van der Waals surface area (Å²) in [4.78, 5) is 11.4. The van der Waals surface area contributed by atoms with Crippen molar-refractivity contribution < 1.29 is 14.6 Å². The van der Waals surface area contributed by atoms with Gasteiger partial charge in [0.2, 0.25) is 0 Å². The van der Waals surface area contributed by atoms with Gasteiger partial charge in [-0.2, -0.15) is 0 Å². The molecule has 1 saturated carbocycles. The number of hydrogen-bond acceptors (Lipinski definition) is 3. The molecule has 1 aliphatic rings. The molecule has 0 saturated heterocycles. The van der Waals surface area contributed by atoms with Crippen molar-refractivity contribution >= 4 is 5.97 Å². The molecule has 0 radical (unpaired) electrons. The van der Waals surface area contributed by atoms with Gasteiger partial charge in [-0.05, 0) is 39.5 Å². The highest BCUT2D eigenvalue weighted by atomic mass is 16.5. The summed E-state index contributed by atoms with van der Waals surface area (Å²) in [6.45, 7) is 3.71. The molecule has 3 heteroatoms. The second kappa shape index (κ2) is 4.61. The van der Waals surface area contributed by atoms with Crippen LogP contribution in [0.25, 0.3) is 0 Å². The number of hydrogen-bond donors (Lipinski definition) is 1. The van der Waals surface area contributed by atoms with E-state index in [-0.39, 0.29) is 24.1 Å². The van der Waals surface area contributed by atoms with Crippen molar-refractivity contribution in [3.05, 3.63) is 0 Å². The van der Waals surface area contributed by atoms with E-state index in [9.17, 15) is 9.90 Å². The highest BCUT2D eigenvalue weighted by molar-refractivity contribution is 5.72. The lowest BCUT2D eigenvalue weighted by atomic mass is 9.87. The van der Waals surface area contributed by atoms with Crippen LogP contribution in [-0.4, -0.2) is 23.3 Å². The average molecular weight is 186 g/mol. The molecular formula is C10H18O3. The van der Waals surface area contributed by atoms with Crippen LogP contribution in [0.2, 0.25) is 0 Å². The molecule has 0 atom stereocenters. The second-order valence-corrected chi connectivity index (χ2v) is 3.99. The van der Waals surface area contributed by atoms with E-state index in [1.165, 1.54) is 0 Å². The standard InChI is InChI=1S/C10H18O3/c1-7(2)13-10(12)8-3-5-9(11)6-4-8/h7-9,11H,3-6H2,1-2H3. The largest absolute Gasteiger partial charge is 0.463 e. The van der Waals surface area contributed by atoms with Crippen molar-refractivity contribution in [2.75, 3.05) is 0 Å². The van der Waals surface area contributed by atoms with E-state index < -0.39 is 0 Å². The van der Waals surface area contributed by atoms with Crippen LogP contribution >= 0.6 is 0 Å². The molecule has 76 valence electrons. The van der Waals surface area contributed by atoms with E-state index >= 15 is 0 Å². The zero-order valence-corrected chi connectivity index (χ0v) is 8.32. The lowest BCUT2D eigenvalue weighted by molar-refractivity contribution is -0.154. The van der Waals surface area contributed by atoms with Gasteiger partial charge >= 0.3 is 5.97 Å². The Bertz CT molecular complexity index is 169. The second-order valence-electron chi connectivity index (χ2n) is 3.99. The van der Waals surface area contributed by atoms with Gasteiger partial charge in [0.1, 0.15) is 0 Å². The Morgan fingerprint density at radius 1 is 1.31 bits per heavy atom. The fourth-order valence-electron chi connectivity index (χ4n) is 1.64. The molecule has 0 aromatic rings. The Morgan fingerprint density at radius 3 is 2.31 bits per heavy atom. The topological polar surface area (TPSA) is 46.5 Å². The van der Waals surface area contributed by atoms with Gasteiger partial charge in [-0.3, -0.25) is 4.79 Å². The minimum absolute atomic E-state index is 0.0193. The molecule has 1 rings (SSSR count). The van der Waals surface area contributed by atoms with Crippen molar-refractivity contribution in [1.29, 1.82) is 0 Å². The first kappa shape index (κ1) is 10.5. The summed E-state index contributed by atoms with van der Waals surface area (Å²) in [5.41, 5.74) is 0. The maximum absolute atomic E-state index is 11.4. The summed E-state index contributed by atoms with van der Waals surface area (Å²) in [7, 11) is 0. The van der Waals surface area contributed by atoms with Crippen LogP contribution < -0.4 is 0 Å². The highest BCUT2D eigenvalue weighted by Gasteiger charge is 2.26.